The van der Waals surface area contributed by atoms with Gasteiger partial charge in [-0.3, -0.25) is 4.79 Å². The molecule has 2 aliphatic rings. The molecular formula is C18H27ClN2O. The lowest BCUT2D eigenvalue weighted by molar-refractivity contribution is -0.123. The van der Waals surface area contributed by atoms with Crippen LogP contribution < -0.4 is 10.6 Å². The standard InChI is InChI=1S/C18H26N2O.ClH/c1-13(16-7-4-8-19-12-16)9-18(21)20-17-10-14-5-2-3-6-15(14)11-17;/h2-3,5-6,13,16-17,19H,4,7-12H2,1H3,(H,20,21);1H. The molecule has 1 heterocycles. The number of rotatable bonds is 4. The minimum Gasteiger partial charge on any atom is -0.353 e. The van der Waals surface area contributed by atoms with Gasteiger partial charge in [-0.1, -0.05) is 31.2 Å². The van der Waals surface area contributed by atoms with Crippen molar-refractivity contribution in [3.63, 3.8) is 0 Å². The van der Waals surface area contributed by atoms with Crippen LogP contribution in [0.2, 0.25) is 0 Å². The van der Waals surface area contributed by atoms with E-state index in [9.17, 15) is 4.79 Å². The van der Waals surface area contributed by atoms with Crippen molar-refractivity contribution in [1.82, 2.24) is 10.6 Å². The van der Waals surface area contributed by atoms with E-state index in [0.717, 1.165) is 25.9 Å². The number of hydrogen-bond acceptors (Lipinski definition) is 2. The minimum atomic E-state index is 0. The molecule has 0 saturated carbocycles. The first kappa shape index (κ1) is 17.3. The molecule has 1 amide bonds. The highest BCUT2D eigenvalue weighted by atomic mass is 35.5. The third-order valence-corrected chi connectivity index (χ3v) is 5.06. The molecule has 4 heteroatoms. The molecule has 2 N–H and O–H groups in total. The van der Waals surface area contributed by atoms with Crippen LogP contribution in [0, 0.1) is 11.8 Å². The van der Waals surface area contributed by atoms with Gasteiger partial charge >= 0.3 is 0 Å². The number of amides is 1. The van der Waals surface area contributed by atoms with Crippen molar-refractivity contribution >= 4 is 18.3 Å². The molecule has 3 rings (SSSR count). The summed E-state index contributed by atoms with van der Waals surface area (Å²) in [5.41, 5.74) is 2.79. The Morgan fingerprint density at radius 3 is 2.59 bits per heavy atom. The highest BCUT2D eigenvalue weighted by Crippen LogP contribution is 2.24. The number of carbonyl (C=O) groups is 1. The van der Waals surface area contributed by atoms with Crippen LogP contribution in [0.15, 0.2) is 24.3 Å². The summed E-state index contributed by atoms with van der Waals surface area (Å²) in [7, 11) is 0. The van der Waals surface area contributed by atoms with E-state index < -0.39 is 0 Å². The van der Waals surface area contributed by atoms with Gasteiger partial charge in [-0.15, -0.1) is 12.4 Å². The van der Waals surface area contributed by atoms with Crippen LogP contribution in [0.4, 0.5) is 0 Å². The van der Waals surface area contributed by atoms with E-state index in [-0.39, 0.29) is 18.3 Å². The van der Waals surface area contributed by atoms with Crippen molar-refractivity contribution in [2.75, 3.05) is 13.1 Å². The van der Waals surface area contributed by atoms with Crippen molar-refractivity contribution in [2.24, 2.45) is 11.8 Å². The van der Waals surface area contributed by atoms with E-state index >= 15 is 0 Å². The van der Waals surface area contributed by atoms with Gasteiger partial charge in [0.2, 0.25) is 5.91 Å². The first-order valence-corrected chi connectivity index (χ1v) is 8.29. The molecule has 3 nitrogen and oxygen atoms in total. The van der Waals surface area contributed by atoms with Crippen molar-refractivity contribution in [2.45, 2.75) is 45.1 Å². The second kappa shape index (κ2) is 7.98. The highest BCUT2D eigenvalue weighted by Gasteiger charge is 2.25. The summed E-state index contributed by atoms with van der Waals surface area (Å²) in [6.07, 6.45) is 5.15. The lowest BCUT2D eigenvalue weighted by atomic mass is 9.85. The summed E-state index contributed by atoms with van der Waals surface area (Å²) >= 11 is 0. The van der Waals surface area contributed by atoms with Crippen LogP contribution in [-0.2, 0) is 17.6 Å². The average molecular weight is 323 g/mol. The van der Waals surface area contributed by atoms with Gasteiger partial charge in [0, 0.05) is 12.5 Å². The molecule has 22 heavy (non-hydrogen) atoms. The van der Waals surface area contributed by atoms with Crippen LogP contribution >= 0.6 is 12.4 Å². The predicted molar refractivity (Wildman–Crippen MR) is 92.4 cm³/mol. The molecule has 0 bridgehead atoms. The number of fused-ring (bicyclic) bond motifs is 1. The second-order valence-electron chi connectivity index (χ2n) is 6.73. The maximum atomic E-state index is 12.3. The summed E-state index contributed by atoms with van der Waals surface area (Å²) in [5.74, 6) is 1.36. The molecule has 2 unspecified atom stereocenters. The smallest absolute Gasteiger partial charge is 0.220 e. The fraction of sp³-hybridized carbons (Fsp3) is 0.611. The second-order valence-corrected chi connectivity index (χ2v) is 6.73. The third kappa shape index (κ3) is 4.23. The minimum absolute atomic E-state index is 0. The van der Waals surface area contributed by atoms with Crippen molar-refractivity contribution < 1.29 is 4.79 Å². The number of hydrogen-bond donors (Lipinski definition) is 2. The van der Waals surface area contributed by atoms with Crippen LogP contribution in [0.1, 0.15) is 37.3 Å². The van der Waals surface area contributed by atoms with E-state index in [0.29, 0.717) is 24.3 Å². The number of benzene rings is 1. The van der Waals surface area contributed by atoms with Crippen LogP contribution in [0.5, 0.6) is 0 Å². The highest BCUT2D eigenvalue weighted by molar-refractivity contribution is 5.85. The number of nitrogens with one attached hydrogen (secondary N) is 2. The van der Waals surface area contributed by atoms with Gasteiger partial charge < -0.3 is 10.6 Å². The molecule has 1 aliphatic carbocycles. The molecular weight excluding hydrogens is 296 g/mol. The van der Waals surface area contributed by atoms with Gasteiger partial charge in [0.25, 0.3) is 0 Å². The fourth-order valence-corrected chi connectivity index (χ4v) is 3.77. The molecule has 1 fully saturated rings. The molecule has 1 aromatic rings. The number of halogens is 1. The van der Waals surface area contributed by atoms with Crippen LogP contribution in [-0.4, -0.2) is 25.0 Å². The zero-order valence-corrected chi connectivity index (χ0v) is 14.1. The van der Waals surface area contributed by atoms with Crippen molar-refractivity contribution in [3.8, 4) is 0 Å². The largest absolute Gasteiger partial charge is 0.353 e. The monoisotopic (exact) mass is 322 g/mol. The maximum Gasteiger partial charge on any atom is 0.220 e. The molecule has 2 atom stereocenters. The Bertz CT molecular complexity index is 475. The van der Waals surface area contributed by atoms with E-state index in [4.69, 9.17) is 0 Å². The summed E-state index contributed by atoms with van der Waals surface area (Å²) in [4.78, 5) is 12.3. The number of piperidine rings is 1. The molecule has 0 radical (unpaired) electrons. The normalized spacial score (nSPS) is 22.5. The van der Waals surface area contributed by atoms with Crippen molar-refractivity contribution in [3.05, 3.63) is 35.4 Å². The summed E-state index contributed by atoms with van der Waals surface area (Å²) in [6.45, 7) is 4.43. The van der Waals surface area contributed by atoms with Crippen LogP contribution in [0.25, 0.3) is 0 Å². The molecule has 0 aromatic heterocycles. The lowest BCUT2D eigenvalue weighted by Gasteiger charge is -2.28. The van der Waals surface area contributed by atoms with Crippen LogP contribution in [0.3, 0.4) is 0 Å². The third-order valence-electron chi connectivity index (χ3n) is 5.06. The lowest BCUT2D eigenvalue weighted by Crippen LogP contribution is -2.39. The van der Waals surface area contributed by atoms with Crippen molar-refractivity contribution in [1.29, 1.82) is 0 Å². The summed E-state index contributed by atoms with van der Waals surface area (Å²) in [5, 5.41) is 6.68. The Morgan fingerprint density at radius 1 is 1.32 bits per heavy atom. The molecule has 1 aromatic carbocycles. The first-order valence-electron chi connectivity index (χ1n) is 8.29. The SMILES string of the molecule is CC(CC(=O)NC1Cc2ccccc2C1)C1CCCNC1.Cl. The Hall–Kier alpha value is -1.06. The topological polar surface area (TPSA) is 41.1 Å². The Morgan fingerprint density at radius 2 is 2.00 bits per heavy atom. The fourth-order valence-electron chi connectivity index (χ4n) is 3.77. The van der Waals surface area contributed by atoms with Gasteiger partial charge in [-0.2, -0.15) is 0 Å². The Labute approximate surface area is 139 Å². The molecule has 1 saturated heterocycles. The van der Waals surface area contributed by atoms with Gasteiger partial charge in [-0.05, 0) is 61.7 Å². The zero-order valence-electron chi connectivity index (χ0n) is 13.3. The summed E-state index contributed by atoms with van der Waals surface area (Å²) < 4.78 is 0. The quantitative estimate of drug-likeness (QED) is 0.895. The molecule has 0 spiro atoms. The Balaban J connectivity index is 0.00000176. The van der Waals surface area contributed by atoms with E-state index in [1.54, 1.807) is 0 Å². The van der Waals surface area contributed by atoms with E-state index in [2.05, 4.69) is 41.8 Å². The van der Waals surface area contributed by atoms with E-state index in [1.807, 2.05) is 0 Å². The maximum absolute atomic E-state index is 12.3. The van der Waals surface area contributed by atoms with E-state index in [1.165, 1.54) is 24.0 Å². The van der Waals surface area contributed by atoms with Gasteiger partial charge in [0.15, 0.2) is 0 Å². The van der Waals surface area contributed by atoms with Gasteiger partial charge in [-0.25, -0.2) is 0 Å². The average Bonchev–Trinajstić information content (AvgIpc) is 2.90. The van der Waals surface area contributed by atoms with Gasteiger partial charge in [0.05, 0.1) is 0 Å². The molecule has 122 valence electrons. The Kier molecular flexibility index (Phi) is 6.27. The zero-order chi connectivity index (χ0) is 14.7. The number of carbonyl (C=O) groups excluding carboxylic acids is 1. The molecule has 1 aliphatic heterocycles. The predicted octanol–water partition coefficient (Wildman–Crippen LogP) is 2.72. The summed E-state index contributed by atoms with van der Waals surface area (Å²) in [6, 6.07) is 8.82. The van der Waals surface area contributed by atoms with Gasteiger partial charge in [0.1, 0.15) is 0 Å². The first-order chi connectivity index (χ1) is 10.2.